The van der Waals surface area contributed by atoms with Crippen molar-refractivity contribution >= 4 is 13.6 Å². The second kappa shape index (κ2) is 8.10. The fraction of sp³-hybridized carbons (Fsp3) is 0.833. The van der Waals surface area contributed by atoms with E-state index in [9.17, 15) is 0 Å². The number of halogens is 1. The Labute approximate surface area is 68.5 Å². The van der Waals surface area contributed by atoms with E-state index in [0.717, 1.165) is 0 Å². The Balaban J connectivity index is 0.000000222. The first-order valence-corrected chi connectivity index (χ1v) is 10.0. The van der Waals surface area contributed by atoms with Crippen LogP contribution >= 0.6 is 13.6 Å². The van der Waals surface area contributed by atoms with Gasteiger partial charge in [-0.05, 0) is 0 Å². The Morgan fingerprint density at radius 2 is 1.50 bits per heavy atom. The molecule has 1 aliphatic carbocycles. The van der Waals surface area contributed by atoms with Crippen molar-refractivity contribution < 1.29 is 16.3 Å². The molecule has 0 nitrogen and oxygen atoms in total. The molecule has 0 N–H and O–H groups in total. The Morgan fingerprint density at radius 1 is 1.00 bits per heavy atom. The summed E-state index contributed by atoms with van der Waals surface area (Å²) >= 11 is 4.25. The summed E-state index contributed by atoms with van der Waals surface area (Å²) in [5.74, 6) is 0. The molecule has 0 saturated heterocycles. The second-order valence-electron chi connectivity index (χ2n) is 1.93. The normalized spacial score (nSPS) is 18.9. The summed E-state index contributed by atoms with van der Waals surface area (Å²) < 4.78 is 0. The molecule has 0 aromatic carbocycles. The predicted molar refractivity (Wildman–Crippen MR) is 36.3 cm³/mol. The van der Waals surface area contributed by atoms with Crippen LogP contribution in [0.15, 0.2) is 0 Å². The first-order chi connectivity index (χ1) is 4.00. The summed E-state index contributed by atoms with van der Waals surface area (Å²) in [6.45, 7) is 0. The monoisotopic (exact) mass is 226 g/mol. The van der Waals surface area contributed by atoms with Gasteiger partial charge in [0, 0.05) is 0 Å². The summed E-state index contributed by atoms with van der Waals surface area (Å²) in [6, 6.07) is 0. The van der Waals surface area contributed by atoms with Gasteiger partial charge in [0.05, 0.1) is 0 Å². The van der Waals surface area contributed by atoms with E-state index in [2.05, 4.69) is 20.0 Å². The van der Waals surface area contributed by atoms with Crippen molar-refractivity contribution in [3.63, 3.8) is 0 Å². The number of rotatable bonds is 0. The summed E-state index contributed by atoms with van der Waals surface area (Å²) in [4.78, 5) is 0. The third-order valence-corrected chi connectivity index (χ3v) is 1.32. The van der Waals surface area contributed by atoms with Crippen molar-refractivity contribution in [1.29, 1.82) is 0 Å². The fourth-order valence-corrected chi connectivity index (χ4v) is 0.898. The average Bonchev–Trinajstić information content (AvgIpc) is 1.96. The summed E-state index contributed by atoms with van der Waals surface area (Å²) in [6.07, 6.45) is 9.50. The third-order valence-electron chi connectivity index (χ3n) is 1.32. The van der Waals surface area contributed by atoms with E-state index >= 15 is 0 Å². The van der Waals surface area contributed by atoms with E-state index < -0.39 is 0 Å². The van der Waals surface area contributed by atoms with Gasteiger partial charge in [-0.2, -0.15) is 12.8 Å². The van der Waals surface area contributed by atoms with Crippen LogP contribution in [0.5, 0.6) is 0 Å². The molecule has 1 fully saturated rings. The fourth-order valence-electron chi connectivity index (χ4n) is 0.898. The summed E-state index contributed by atoms with van der Waals surface area (Å²) in [5, 5.41) is 0. The molecule has 0 heterocycles. The second-order valence-corrected chi connectivity index (χ2v) is 1.93. The Bertz CT molecular complexity index is 24.0. The molecule has 1 aliphatic rings. The van der Waals surface area contributed by atoms with E-state index in [1.807, 2.05) is 0 Å². The molecule has 0 atom stereocenters. The van der Waals surface area contributed by atoms with Crippen LogP contribution in [0.25, 0.3) is 0 Å². The van der Waals surface area contributed by atoms with Crippen LogP contribution < -0.4 is 0 Å². The zero-order chi connectivity index (χ0) is 6.24. The van der Waals surface area contributed by atoms with Crippen molar-refractivity contribution in [2.24, 2.45) is 0 Å². The first kappa shape index (κ1) is 9.10. The Hall–Kier alpha value is 1.10. The van der Waals surface area contributed by atoms with Gasteiger partial charge in [-0.3, -0.25) is 0 Å². The van der Waals surface area contributed by atoms with Crippen LogP contribution in [-0.2, 0) is 16.3 Å². The van der Waals surface area contributed by atoms with Crippen LogP contribution in [0.3, 0.4) is 0 Å². The van der Waals surface area contributed by atoms with Gasteiger partial charge >= 0.3 is 30.0 Å². The summed E-state index contributed by atoms with van der Waals surface area (Å²) in [5.41, 5.74) is 0. The molecule has 0 aromatic rings. The van der Waals surface area contributed by atoms with Crippen LogP contribution in [0.1, 0.15) is 32.1 Å². The van der Waals surface area contributed by atoms with Gasteiger partial charge in [0.2, 0.25) is 0 Å². The van der Waals surface area contributed by atoms with Crippen molar-refractivity contribution in [3.8, 4) is 0 Å². The van der Waals surface area contributed by atoms with E-state index in [-0.39, 0.29) is 0 Å². The van der Waals surface area contributed by atoms with Gasteiger partial charge < -0.3 is 6.42 Å². The van der Waals surface area contributed by atoms with Crippen LogP contribution in [-0.4, -0.2) is 0 Å². The van der Waals surface area contributed by atoms with Gasteiger partial charge in [-0.1, -0.05) is 19.3 Å². The Kier molecular flexibility index (Phi) is 9.22. The van der Waals surface area contributed by atoms with Crippen LogP contribution in [0, 0.1) is 6.42 Å². The van der Waals surface area contributed by atoms with Crippen molar-refractivity contribution in [3.05, 3.63) is 6.42 Å². The Morgan fingerprint density at radius 3 is 1.62 bits per heavy atom. The molecule has 0 amide bonds. The van der Waals surface area contributed by atoms with E-state index in [4.69, 9.17) is 0 Å². The van der Waals surface area contributed by atoms with E-state index in [1.54, 1.807) is 0 Å². The summed E-state index contributed by atoms with van der Waals surface area (Å²) in [7, 11) is 0. The molecule has 44 valence electrons. The van der Waals surface area contributed by atoms with Crippen molar-refractivity contribution in [2.45, 2.75) is 32.1 Å². The van der Waals surface area contributed by atoms with Gasteiger partial charge in [0.15, 0.2) is 0 Å². The topological polar surface area (TPSA) is 0 Å². The molecule has 2 heteroatoms. The molecule has 1 saturated carbocycles. The molecule has 0 radical (unpaired) electrons. The van der Waals surface area contributed by atoms with Crippen molar-refractivity contribution in [1.82, 2.24) is 0 Å². The molecule has 0 spiro atoms. The number of hydrogen-bond donors (Lipinski definition) is 0. The van der Waals surface area contributed by atoms with Gasteiger partial charge in [-0.25, -0.2) is 0 Å². The molecule has 0 aromatic heterocycles. The third kappa shape index (κ3) is 5.24. The van der Waals surface area contributed by atoms with Gasteiger partial charge in [-0.15, -0.1) is 0 Å². The number of hydrogen-bond acceptors (Lipinski definition) is 0. The molecule has 0 aliphatic heterocycles. The van der Waals surface area contributed by atoms with E-state index in [0.29, 0.717) is 0 Å². The standard InChI is InChI=1S/C6H11.BrH.Zn/c1-2-4-6-5-3-1;;/h1H,2-6H2;1H;/q-1;;+2/p-1. The maximum absolute atomic E-state index is 3.06. The average molecular weight is 228 g/mol. The molecular weight excluding hydrogens is 217 g/mol. The molecular formula is C6H11BrZn. The van der Waals surface area contributed by atoms with E-state index in [1.165, 1.54) is 48.4 Å². The minimum absolute atomic E-state index is 1.19. The first-order valence-electron chi connectivity index (χ1n) is 3.08. The zero-order valence-corrected chi connectivity index (χ0v) is 9.75. The van der Waals surface area contributed by atoms with Crippen molar-refractivity contribution in [2.75, 3.05) is 0 Å². The maximum atomic E-state index is 3.06. The van der Waals surface area contributed by atoms with Gasteiger partial charge in [0.25, 0.3) is 0 Å². The zero-order valence-electron chi connectivity index (χ0n) is 5.20. The molecule has 0 unspecified atom stereocenters. The van der Waals surface area contributed by atoms with Crippen LogP contribution in [0.4, 0.5) is 0 Å². The van der Waals surface area contributed by atoms with Crippen LogP contribution in [0.2, 0.25) is 0 Å². The molecule has 0 bridgehead atoms. The quantitative estimate of drug-likeness (QED) is 0.442. The minimum atomic E-state index is 1.19. The van der Waals surface area contributed by atoms with Gasteiger partial charge in [0.1, 0.15) is 0 Å². The predicted octanol–water partition coefficient (Wildman–Crippen LogP) is 3.00. The molecule has 1 rings (SSSR count). The SMILES string of the molecule is [CH-]1CCCCC1.[Zn+][Br]. The molecule has 8 heavy (non-hydrogen) atoms.